The Kier molecular flexibility index (Phi) is 5.44. The second-order valence-corrected chi connectivity index (χ2v) is 4.79. The van der Waals surface area contributed by atoms with Crippen molar-refractivity contribution in [3.05, 3.63) is 60.2 Å². The van der Waals surface area contributed by atoms with Crippen LogP contribution in [0.4, 0.5) is 5.69 Å². The van der Waals surface area contributed by atoms with Gasteiger partial charge >= 0.3 is 0 Å². The summed E-state index contributed by atoms with van der Waals surface area (Å²) in [5.41, 5.74) is 2.49. The molecule has 0 heterocycles. The van der Waals surface area contributed by atoms with Gasteiger partial charge in [-0.2, -0.15) is 0 Å². The zero-order valence-electron chi connectivity index (χ0n) is 12.2. The van der Waals surface area contributed by atoms with Crippen LogP contribution in [-0.4, -0.2) is 27.2 Å². The molecule has 0 unspecified atom stereocenters. The molecule has 2 aromatic rings. The summed E-state index contributed by atoms with van der Waals surface area (Å²) < 4.78 is 5.25. The van der Waals surface area contributed by atoms with E-state index in [0.29, 0.717) is 0 Å². The predicted molar refractivity (Wildman–Crippen MR) is 84.4 cm³/mol. The van der Waals surface area contributed by atoms with Crippen molar-refractivity contribution < 1.29 is 4.74 Å². The van der Waals surface area contributed by atoms with Crippen molar-refractivity contribution in [2.75, 3.05) is 32.1 Å². The number of methoxy groups -OCH3 is 1. The highest BCUT2D eigenvalue weighted by Crippen LogP contribution is 2.19. The van der Waals surface area contributed by atoms with E-state index < -0.39 is 0 Å². The Balaban J connectivity index is 1.76. The third-order valence-electron chi connectivity index (χ3n) is 3.29. The largest absolute Gasteiger partial charge is 0.497 e. The molecule has 0 saturated carbocycles. The summed E-state index contributed by atoms with van der Waals surface area (Å²) in [5.74, 6) is 0.895. The topological polar surface area (TPSA) is 24.5 Å². The molecule has 0 aliphatic rings. The smallest absolute Gasteiger partial charge is 0.120 e. The van der Waals surface area contributed by atoms with Crippen LogP contribution in [-0.2, 0) is 6.54 Å². The lowest BCUT2D eigenvalue weighted by atomic mass is 10.2. The van der Waals surface area contributed by atoms with Crippen LogP contribution in [0.3, 0.4) is 0 Å². The molecule has 0 bridgehead atoms. The van der Waals surface area contributed by atoms with E-state index in [-0.39, 0.29) is 0 Å². The molecule has 0 amide bonds. The van der Waals surface area contributed by atoms with Gasteiger partial charge in [-0.05, 0) is 17.7 Å². The van der Waals surface area contributed by atoms with Gasteiger partial charge in [-0.1, -0.05) is 36.4 Å². The zero-order chi connectivity index (χ0) is 14.2. The predicted octanol–water partition coefficient (Wildman–Crippen LogP) is 2.92. The van der Waals surface area contributed by atoms with Gasteiger partial charge in [-0.15, -0.1) is 0 Å². The van der Waals surface area contributed by atoms with Gasteiger partial charge in [-0.3, -0.25) is 0 Å². The van der Waals surface area contributed by atoms with E-state index in [4.69, 9.17) is 4.74 Å². The van der Waals surface area contributed by atoms with E-state index in [9.17, 15) is 0 Å². The minimum absolute atomic E-state index is 0.895. The fraction of sp³-hybridized carbons (Fsp3) is 0.294. The number of benzene rings is 2. The Morgan fingerprint density at radius 3 is 2.60 bits per heavy atom. The monoisotopic (exact) mass is 270 g/mol. The molecule has 0 saturated heterocycles. The van der Waals surface area contributed by atoms with Crippen molar-refractivity contribution in [2.24, 2.45) is 0 Å². The highest BCUT2D eigenvalue weighted by molar-refractivity contribution is 5.50. The molecular formula is C17H22N2O. The number of rotatable bonds is 7. The quantitative estimate of drug-likeness (QED) is 0.783. The van der Waals surface area contributed by atoms with Gasteiger partial charge < -0.3 is 15.0 Å². The second-order valence-electron chi connectivity index (χ2n) is 4.79. The summed E-state index contributed by atoms with van der Waals surface area (Å²) in [5, 5.41) is 3.46. The van der Waals surface area contributed by atoms with Gasteiger partial charge in [0.05, 0.1) is 7.11 Å². The second kappa shape index (κ2) is 7.56. The maximum Gasteiger partial charge on any atom is 0.120 e. The number of nitrogens with zero attached hydrogens (tertiary/aromatic N) is 1. The molecular weight excluding hydrogens is 248 g/mol. The van der Waals surface area contributed by atoms with E-state index in [1.807, 2.05) is 18.2 Å². The molecule has 0 atom stereocenters. The van der Waals surface area contributed by atoms with Crippen molar-refractivity contribution in [3.63, 3.8) is 0 Å². The van der Waals surface area contributed by atoms with Gasteiger partial charge in [0, 0.05) is 38.4 Å². The standard InChI is InChI=1S/C17H22N2O/c1-19(16-9-6-10-17(13-16)20-2)12-11-18-14-15-7-4-3-5-8-15/h3-10,13,18H,11-12,14H2,1-2H3. The molecule has 3 nitrogen and oxygen atoms in total. The molecule has 20 heavy (non-hydrogen) atoms. The fourth-order valence-electron chi connectivity index (χ4n) is 2.05. The lowest BCUT2D eigenvalue weighted by molar-refractivity contribution is 0.415. The number of anilines is 1. The van der Waals surface area contributed by atoms with Crippen molar-refractivity contribution in [2.45, 2.75) is 6.54 Å². The molecule has 2 aromatic carbocycles. The van der Waals surface area contributed by atoms with Crippen LogP contribution in [0.1, 0.15) is 5.56 Å². The summed E-state index contributed by atoms with van der Waals surface area (Å²) in [7, 11) is 3.79. The first-order valence-electron chi connectivity index (χ1n) is 6.89. The maximum absolute atomic E-state index is 5.25. The first-order valence-corrected chi connectivity index (χ1v) is 6.89. The number of ether oxygens (including phenoxy) is 1. The SMILES string of the molecule is COc1cccc(N(C)CCNCc2ccccc2)c1. The van der Waals surface area contributed by atoms with Crippen LogP contribution < -0.4 is 15.0 Å². The minimum Gasteiger partial charge on any atom is -0.497 e. The number of likely N-dealkylation sites (N-methyl/N-ethyl adjacent to an activating group) is 1. The van der Waals surface area contributed by atoms with Crippen LogP contribution in [0.15, 0.2) is 54.6 Å². The van der Waals surface area contributed by atoms with Crippen molar-refractivity contribution in [3.8, 4) is 5.75 Å². The first kappa shape index (κ1) is 14.4. The first-order chi connectivity index (χ1) is 9.79. The molecule has 0 radical (unpaired) electrons. The molecule has 2 rings (SSSR count). The summed E-state index contributed by atoms with van der Waals surface area (Å²) in [6.07, 6.45) is 0. The van der Waals surface area contributed by atoms with E-state index in [0.717, 1.165) is 25.4 Å². The van der Waals surface area contributed by atoms with Crippen LogP contribution in [0.25, 0.3) is 0 Å². The Bertz CT molecular complexity index is 513. The summed E-state index contributed by atoms with van der Waals surface area (Å²) in [6.45, 7) is 2.81. The summed E-state index contributed by atoms with van der Waals surface area (Å²) >= 11 is 0. The van der Waals surface area contributed by atoms with Crippen LogP contribution in [0.2, 0.25) is 0 Å². The summed E-state index contributed by atoms with van der Waals surface area (Å²) in [6, 6.07) is 18.6. The van der Waals surface area contributed by atoms with Gasteiger partial charge in [0.2, 0.25) is 0 Å². The molecule has 0 aliphatic heterocycles. The van der Waals surface area contributed by atoms with Crippen molar-refractivity contribution in [1.29, 1.82) is 0 Å². The fourth-order valence-corrected chi connectivity index (χ4v) is 2.05. The highest BCUT2D eigenvalue weighted by atomic mass is 16.5. The maximum atomic E-state index is 5.25. The van der Waals surface area contributed by atoms with E-state index >= 15 is 0 Å². The molecule has 106 valence electrons. The molecule has 3 heteroatoms. The van der Waals surface area contributed by atoms with Crippen molar-refractivity contribution in [1.82, 2.24) is 5.32 Å². The third-order valence-corrected chi connectivity index (χ3v) is 3.29. The summed E-state index contributed by atoms with van der Waals surface area (Å²) in [4.78, 5) is 2.22. The number of hydrogen-bond acceptors (Lipinski definition) is 3. The van der Waals surface area contributed by atoms with Gasteiger partial charge in [0.25, 0.3) is 0 Å². The normalized spacial score (nSPS) is 10.3. The number of hydrogen-bond donors (Lipinski definition) is 1. The Morgan fingerprint density at radius 2 is 1.85 bits per heavy atom. The lowest BCUT2D eigenvalue weighted by Crippen LogP contribution is -2.28. The molecule has 0 aromatic heterocycles. The number of nitrogens with one attached hydrogen (secondary N) is 1. The van der Waals surface area contributed by atoms with Gasteiger partial charge in [0.15, 0.2) is 0 Å². The molecule has 0 fully saturated rings. The molecule has 1 N–H and O–H groups in total. The third kappa shape index (κ3) is 4.28. The van der Waals surface area contributed by atoms with E-state index in [2.05, 4.69) is 53.7 Å². The Hall–Kier alpha value is -2.00. The average Bonchev–Trinajstić information content (AvgIpc) is 2.52. The Morgan fingerprint density at radius 1 is 1.05 bits per heavy atom. The molecule has 0 aliphatic carbocycles. The van der Waals surface area contributed by atoms with Crippen LogP contribution in [0.5, 0.6) is 5.75 Å². The lowest BCUT2D eigenvalue weighted by Gasteiger charge is -2.20. The van der Waals surface area contributed by atoms with E-state index in [1.54, 1.807) is 7.11 Å². The van der Waals surface area contributed by atoms with Crippen molar-refractivity contribution >= 4 is 5.69 Å². The minimum atomic E-state index is 0.895. The average molecular weight is 270 g/mol. The van der Waals surface area contributed by atoms with Gasteiger partial charge in [-0.25, -0.2) is 0 Å². The molecule has 0 spiro atoms. The van der Waals surface area contributed by atoms with E-state index in [1.165, 1.54) is 11.3 Å². The van der Waals surface area contributed by atoms with Crippen LogP contribution in [0, 0.1) is 0 Å². The zero-order valence-corrected chi connectivity index (χ0v) is 12.2. The van der Waals surface area contributed by atoms with Gasteiger partial charge in [0.1, 0.15) is 5.75 Å². The Labute approximate surface area is 121 Å². The van der Waals surface area contributed by atoms with Crippen LogP contribution >= 0.6 is 0 Å². The highest BCUT2D eigenvalue weighted by Gasteiger charge is 2.01.